The molecule has 0 radical (unpaired) electrons. The van der Waals surface area contributed by atoms with Crippen molar-refractivity contribution in [1.29, 1.82) is 0 Å². The zero-order valence-electron chi connectivity index (χ0n) is 16.2. The summed E-state index contributed by atoms with van der Waals surface area (Å²) < 4.78 is 23.7. The molecule has 1 heterocycles. The first-order chi connectivity index (χ1) is 12.9. The van der Waals surface area contributed by atoms with Crippen LogP contribution in [0.25, 0.3) is 0 Å². The predicted molar refractivity (Wildman–Crippen MR) is 107 cm³/mol. The van der Waals surface area contributed by atoms with Gasteiger partial charge in [-0.3, -0.25) is 13.9 Å². The van der Waals surface area contributed by atoms with Crippen molar-refractivity contribution in [1.82, 2.24) is 9.80 Å². The van der Waals surface area contributed by atoms with Crippen LogP contribution < -0.4 is 4.72 Å². The van der Waals surface area contributed by atoms with E-state index in [1.54, 1.807) is 24.3 Å². The first-order valence-corrected chi connectivity index (χ1v) is 11.0. The highest BCUT2D eigenvalue weighted by Gasteiger charge is 2.34. The maximum absolute atomic E-state index is 13.0. The molecule has 2 aliphatic rings. The Morgan fingerprint density at radius 2 is 1.70 bits per heavy atom. The molecule has 3 unspecified atom stereocenters. The molecule has 27 heavy (non-hydrogen) atoms. The number of hydrogen-bond acceptors (Lipinski definition) is 4. The van der Waals surface area contributed by atoms with E-state index in [0.29, 0.717) is 11.3 Å². The fourth-order valence-electron chi connectivity index (χ4n) is 4.64. The summed E-state index contributed by atoms with van der Waals surface area (Å²) in [5, 5.41) is 0. The molecule has 1 N–H and O–H groups in total. The average molecular weight is 393 g/mol. The van der Waals surface area contributed by atoms with Crippen LogP contribution in [0.2, 0.25) is 0 Å². The van der Waals surface area contributed by atoms with Crippen LogP contribution in [0.4, 0.5) is 5.69 Å². The summed E-state index contributed by atoms with van der Waals surface area (Å²) in [4.78, 5) is 17.5. The van der Waals surface area contributed by atoms with E-state index in [4.69, 9.17) is 0 Å². The highest BCUT2D eigenvalue weighted by Crippen LogP contribution is 2.27. The largest absolute Gasteiger partial charge is 0.755 e. The molecule has 1 aliphatic heterocycles. The van der Waals surface area contributed by atoms with Crippen LogP contribution in [0.1, 0.15) is 56.3 Å². The fourth-order valence-corrected chi connectivity index (χ4v) is 4.97. The lowest BCUT2D eigenvalue weighted by Crippen LogP contribution is -2.59. The molecule has 1 amide bonds. The first-order valence-electron chi connectivity index (χ1n) is 9.95. The minimum absolute atomic E-state index is 0.0158. The van der Waals surface area contributed by atoms with E-state index in [2.05, 4.69) is 23.5 Å². The summed E-state index contributed by atoms with van der Waals surface area (Å²) >= 11 is -2.36. The summed E-state index contributed by atoms with van der Waals surface area (Å²) in [6.07, 6.45) is 6.79. The molecule has 0 aromatic heterocycles. The Kier molecular flexibility index (Phi) is 6.89. The van der Waals surface area contributed by atoms with Gasteiger partial charge in [0.15, 0.2) is 0 Å². The van der Waals surface area contributed by atoms with E-state index >= 15 is 0 Å². The summed E-state index contributed by atoms with van der Waals surface area (Å²) in [5.74, 6) is 0.828. The molecule has 1 saturated heterocycles. The van der Waals surface area contributed by atoms with Crippen LogP contribution in [0.3, 0.4) is 0 Å². The van der Waals surface area contributed by atoms with Crippen LogP contribution in [0.5, 0.6) is 0 Å². The van der Waals surface area contributed by atoms with Crippen molar-refractivity contribution >= 4 is 22.9 Å². The van der Waals surface area contributed by atoms with Gasteiger partial charge in [0.25, 0.3) is 5.91 Å². The Hall–Kier alpha value is -1.44. The van der Waals surface area contributed by atoms with Crippen molar-refractivity contribution in [3.05, 3.63) is 29.8 Å². The molecule has 150 valence electrons. The van der Waals surface area contributed by atoms with Crippen LogP contribution >= 0.6 is 0 Å². The summed E-state index contributed by atoms with van der Waals surface area (Å²) in [5.41, 5.74) is 1.05. The van der Waals surface area contributed by atoms with E-state index in [9.17, 15) is 13.6 Å². The van der Waals surface area contributed by atoms with E-state index in [-0.39, 0.29) is 18.0 Å². The number of carbonyl (C=O) groups is 1. The second-order valence-electron chi connectivity index (χ2n) is 8.05. The monoisotopic (exact) mass is 392 g/mol. The van der Waals surface area contributed by atoms with E-state index in [0.717, 1.165) is 25.6 Å². The Labute approximate surface area is 164 Å². The lowest BCUT2D eigenvalue weighted by Gasteiger charge is -2.45. The fraction of sp³-hybridized carbons (Fsp3) is 0.650. The maximum Gasteiger partial charge on any atom is 0.254 e. The van der Waals surface area contributed by atoms with Crippen LogP contribution in [-0.4, -0.2) is 56.2 Å². The lowest BCUT2D eigenvalue weighted by atomic mass is 9.88. The van der Waals surface area contributed by atoms with Crippen molar-refractivity contribution in [2.24, 2.45) is 5.92 Å². The van der Waals surface area contributed by atoms with Gasteiger partial charge in [0.05, 0.1) is 0 Å². The molecule has 1 aromatic rings. The number of benzene rings is 1. The number of piperazine rings is 1. The van der Waals surface area contributed by atoms with Gasteiger partial charge in [0.1, 0.15) is 0 Å². The Balaban J connectivity index is 1.61. The number of nitrogens with one attached hydrogen (secondary N) is 1. The first kappa shape index (κ1) is 20.3. The molecule has 1 aliphatic carbocycles. The highest BCUT2D eigenvalue weighted by atomic mass is 32.2. The van der Waals surface area contributed by atoms with Crippen molar-refractivity contribution in [3.63, 3.8) is 0 Å². The Morgan fingerprint density at radius 1 is 1.11 bits per heavy atom. The van der Waals surface area contributed by atoms with Crippen molar-refractivity contribution < 1.29 is 13.6 Å². The van der Waals surface area contributed by atoms with Crippen molar-refractivity contribution in [2.75, 3.05) is 24.4 Å². The normalized spacial score (nSPS) is 26.0. The molecule has 2 fully saturated rings. The summed E-state index contributed by atoms with van der Waals surface area (Å²) in [6, 6.07) is 6.94. The average Bonchev–Trinajstić information content (AvgIpc) is 2.62. The summed E-state index contributed by atoms with van der Waals surface area (Å²) in [7, 11) is 0. The maximum atomic E-state index is 13.0. The number of amides is 1. The van der Waals surface area contributed by atoms with E-state index < -0.39 is 11.3 Å². The van der Waals surface area contributed by atoms with Crippen molar-refractivity contribution in [3.8, 4) is 0 Å². The number of rotatable bonds is 5. The van der Waals surface area contributed by atoms with Crippen LogP contribution in [0.15, 0.2) is 24.3 Å². The third kappa shape index (κ3) is 5.30. The van der Waals surface area contributed by atoms with Crippen LogP contribution in [-0.2, 0) is 11.3 Å². The van der Waals surface area contributed by atoms with Gasteiger partial charge in [-0.15, -0.1) is 0 Å². The summed E-state index contributed by atoms with van der Waals surface area (Å²) in [6.45, 7) is 7.24. The standard InChI is InChI=1S/C20H31N3O3S/c1-15-12-22(14-17-6-4-3-5-7-17)13-16(2)23(15)20(24)18-8-10-19(11-9-18)21-27(25)26/h8-11,15-17,21H,3-7,12-14H2,1-2H3,(H,25,26)/p-1. The predicted octanol–water partition coefficient (Wildman–Crippen LogP) is 3.01. The molecule has 6 nitrogen and oxygen atoms in total. The molecule has 1 saturated carbocycles. The lowest BCUT2D eigenvalue weighted by molar-refractivity contribution is 0.0232. The number of hydrogen-bond donors (Lipinski definition) is 1. The smallest absolute Gasteiger partial charge is 0.254 e. The van der Waals surface area contributed by atoms with E-state index in [1.165, 1.54) is 32.1 Å². The number of carbonyl (C=O) groups excluding carboxylic acids is 1. The Morgan fingerprint density at radius 3 is 2.26 bits per heavy atom. The molecule has 0 bridgehead atoms. The number of nitrogens with zero attached hydrogens (tertiary/aromatic N) is 2. The minimum atomic E-state index is -2.36. The van der Waals surface area contributed by atoms with Gasteiger partial charge in [-0.1, -0.05) is 19.3 Å². The third-order valence-electron chi connectivity index (χ3n) is 5.80. The molecule has 1 aromatic carbocycles. The zero-order chi connectivity index (χ0) is 19.4. The molecular formula is C20H30N3O3S-. The van der Waals surface area contributed by atoms with Gasteiger partial charge in [-0.2, -0.15) is 0 Å². The highest BCUT2D eigenvalue weighted by molar-refractivity contribution is 7.80. The Bertz CT molecular complexity index is 649. The van der Waals surface area contributed by atoms with Gasteiger partial charge in [-0.25, -0.2) is 0 Å². The minimum Gasteiger partial charge on any atom is -0.755 e. The van der Waals surface area contributed by atoms with Gasteiger partial charge in [0.2, 0.25) is 0 Å². The SMILES string of the molecule is CC1CN(CC2CCCCC2)CC(C)N1C(=O)c1ccc(NS(=O)[O-])cc1. The van der Waals surface area contributed by atoms with Gasteiger partial charge in [-0.05, 0) is 56.9 Å². The van der Waals surface area contributed by atoms with Crippen molar-refractivity contribution in [2.45, 2.75) is 58.0 Å². The second kappa shape index (κ2) is 9.17. The molecule has 0 spiro atoms. The van der Waals surface area contributed by atoms with Gasteiger partial charge in [0, 0.05) is 54.2 Å². The molecule has 3 rings (SSSR count). The quantitative estimate of drug-likeness (QED) is 0.782. The van der Waals surface area contributed by atoms with Crippen LogP contribution in [0, 0.1) is 5.92 Å². The molecule has 7 heteroatoms. The molecular weight excluding hydrogens is 362 g/mol. The van der Waals surface area contributed by atoms with Gasteiger partial charge >= 0.3 is 0 Å². The number of anilines is 1. The topological polar surface area (TPSA) is 75.7 Å². The zero-order valence-corrected chi connectivity index (χ0v) is 17.0. The van der Waals surface area contributed by atoms with E-state index in [1.807, 2.05) is 4.90 Å². The van der Waals surface area contributed by atoms with Gasteiger partial charge < -0.3 is 14.2 Å². The third-order valence-corrected chi connectivity index (χ3v) is 6.21. The molecule has 3 atom stereocenters. The second-order valence-corrected chi connectivity index (χ2v) is 8.72.